The van der Waals surface area contributed by atoms with E-state index in [2.05, 4.69) is 0 Å². The number of esters is 2. The zero-order valence-corrected chi connectivity index (χ0v) is 33.1. The van der Waals surface area contributed by atoms with Crippen molar-refractivity contribution in [2.75, 3.05) is 49.1 Å². The van der Waals surface area contributed by atoms with Gasteiger partial charge < -0.3 is 18.9 Å². The highest BCUT2D eigenvalue weighted by atomic mass is 32.2. The van der Waals surface area contributed by atoms with E-state index in [0.29, 0.717) is 40.2 Å². The van der Waals surface area contributed by atoms with E-state index in [4.69, 9.17) is 18.9 Å². The van der Waals surface area contributed by atoms with Crippen molar-refractivity contribution in [3.05, 3.63) is 109 Å². The van der Waals surface area contributed by atoms with Gasteiger partial charge in [0.05, 0.1) is 48.6 Å². The van der Waals surface area contributed by atoms with E-state index in [1.807, 2.05) is 0 Å². The summed E-state index contributed by atoms with van der Waals surface area (Å²) in [7, 11) is -6.05. The normalized spacial score (nSPS) is 13.1. The van der Waals surface area contributed by atoms with Gasteiger partial charge in [0.15, 0.2) is 0 Å². The summed E-state index contributed by atoms with van der Waals surface area (Å²) < 4.78 is 82.3. The number of rotatable bonds is 17. The van der Waals surface area contributed by atoms with Crippen LogP contribution in [-0.2, 0) is 39.1 Å². The molecule has 0 saturated heterocycles. The molecule has 0 atom stereocenters. The Kier molecular flexibility index (Phi) is 12.5. The number of ether oxygens (including phenoxy) is 4. The minimum Gasteiger partial charge on any atom is -0.497 e. The second kappa shape index (κ2) is 17.5. The third-order valence-electron chi connectivity index (χ3n) is 9.76. The Labute approximate surface area is 327 Å². The number of carbonyl (C=O) groups excluding carboxylic acids is 2. The summed E-state index contributed by atoms with van der Waals surface area (Å²) in [6.07, 6.45) is 3.96. The van der Waals surface area contributed by atoms with Gasteiger partial charge >= 0.3 is 11.9 Å². The standard InChI is InChI=1S/C42H44N2O10S2/c1-4-53-40(45)29-44(56(49,50)35-23-19-33(52-3)20-24-35)42-37-16-9-8-15-36(37)39(27-38(42)31-13-6-5-7-14-31)43(28-41(46)54-26-25-30-11-10-12-30)55(47,48)34-21-17-32(51-2)18-22-34/h5-9,13-24,27,30H,4,10-12,25-26,28-29H2,1-3H3. The Hall–Kier alpha value is -5.60. The highest BCUT2D eigenvalue weighted by molar-refractivity contribution is 7.93. The van der Waals surface area contributed by atoms with Gasteiger partial charge in [0.2, 0.25) is 0 Å². The van der Waals surface area contributed by atoms with Crippen molar-refractivity contribution in [2.24, 2.45) is 5.92 Å². The van der Waals surface area contributed by atoms with Gasteiger partial charge in [0, 0.05) is 16.3 Å². The third kappa shape index (κ3) is 8.61. The van der Waals surface area contributed by atoms with Crippen LogP contribution in [0.15, 0.2) is 119 Å². The molecule has 0 aromatic heterocycles. The number of fused-ring (bicyclic) bond motifs is 1. The Morgan fingerprint density at radius 3 is 1.71 bits per heavy atom. The molecule has 0 bridgehead atoms. The van der Waals surface area contributed by atoms with Crippen LogP contribution >= 0.6 is 0 Å². The average Bonchev–Trinajstić information content (AvgIpc) is 3.20. The number of sulfonamides is 2. The lowest BCUT2D eigenvalue weighted by atomic mass is 9.83. The van der Waals surface area contributed by atoms with Gasteiger partial charge in [-0.25, -0.2) is 16.8 Å². The van der Waals surface area contributed by atoms with Gasteiger partial charge in [-0.1, -0.05) is 73.9 Å². The minimum absolute atomic E-state index is 0.00935. The summed E-state index contributed by atoms with van der Waals surface area (Å²) in [6, 6.07) is 28.6. The molecule has 5 aromatic carbocycles. The summed E-state index contributed by atoms with van der Waals surface area (Å²) in [5.41, 5.74) is 0.976. The predicted octanol–water partition coefficient (Wildman–Crippen LogP) is 7.21. The molecule has 14 heteroatoms. The lowest BCUT2D eigenvalue weighted by Crippen LogP contribution is -2.38. The quantitative estimate of drug-likeness (QED) is 0.0885. The fourth-order valence-electron chi connectivity index (χ4n) is 6.60. The van der Waals surface area contributed by atoms with E-state index in [1.54, 1.807) is 61.5 Å². The number of anilines is 2. The molecular weight excluding hydrogens is 757 g/mol. The van der Waals surface area contributed by atoms with Crippen LogP contribution in [0.25, 0.3) is 21.9 Å². The number of hydrogen-bond donors (Lipinski definition) is 0. The second-order valence-corrected chi connectivity index (χ2v) is 16.9. The monoisotopic (exact) mass is 800 g/mol. The SMILES string of the molecule is CCOC(=O)CN(c1c(-c2ccccc2)cc(N(CC(=O)OCCC2CCC2)S(=O)(=O)c2ccc(OC)cc2)c2ccccc12)S(=O)(=O)c1ccc(OC)cc1. The third-order valence-corrected chi connectivity index (χ3v) is 13.3. The molecule has 56 heavy (non-hydrogen) atoms. The lowest BCUT2D eigenvalue weighted by Gasteiger charge is -2.31. The van der Waals surface area contributed by atoms with Crippen molar-refractivity contribution in [2.45, 2.75) is 42.4 Å². The van der Waals surface area contributed by atoms with Crippen LogP contribution in [-0.4, -0.2) is 69.3 Å². The van der Waals surface area contributed by atoms with Crippen LogP contribution in [0.4, 0.5) is 11.4 Å². The number of nitrogens with zero attached hydrogens (tertiary/aromatic N) is 2. The Morgan fingerprint density at radius 2 is 1.18 bits per heavy atom. The minimum atomic E-state index is -4.50. The van der Waals surface area contributed by atoms with Crippen LogP contribution in [0.2, 0.25) is 0 Å². The van der Waals surface area contributed by atoms with Gasteiger partial charge in [0.25, 0.3) is 20.0 Å². The molecule has 1 saturated carbocycles. The lowest BCUT2D eigenvalue weighted by molar-refractivity contribution is -0.142. The molecule has 0 spiro atoms. The van der Waals surface area contributed by atoms with Gasteiger partial charge in [0.1, 0.15) is 24.6 Å². The molecule has 0 amide bonds. The molecule has 12 nitrogen and oxygen atoms in total. The van der Waals surface area contributed by atoms with Crippen molar-refractivity contribution in [1.82, 2.24) is 0 Å². The van der Waals surface area contributed by atoms with Crippen molar-refractivity contribution in [3.8, 4) is 22.6 Å². The van der Waals surface area contributed by atoms with Gasteiger partial charge in [-0.05, 0) is 79.4 Å². The number of benzene rings is 5. The topological polar surface area (TPSA) is 146 Å². The first-order valence-corrected chi connectivity index (χ1v) is 21.1. The smallest absolute Gasteiger partial charge is 0.326 e. The van der Waals surface area contributed by atoms with E-state index in [0.717, 1.165) is 27.9 Å². The molecule has 1 aliphatic rings. The van der Waals surface area contributed by atoms with Crippen LogP contribution in [0, 0.1) is 5.92 Å². The van der Waals surface area contributed by atoms with Crippen molar-refractivity contribution < 1.29 is 45.4 Å². The Balaban J connectivity index is 1.60. The molecule has 0 heterocycles. The first-order valence-electron chi connectivity index (χ1n) is 18.2. The molecule has 5 aromatic rings. The first kappa shape index (κ1) is 40.1. The predicted molar refractivity (Wildman–Crippen MR) is 214 cm³/mol. The van der Waals surface area contributed by atoms with Crippen LogP contribution in [0.3, 0.4) is 0 Å². The van der Waals surface area contributed by atoms with Crippen LogP contribution < -0.4 is 18.1 Å². The summed E-state index contributed by atoms with van der Waals surface area (Å²) in [4.78, 5) is 26.6. The average molecular weight is 801 g/mol. The van der Waals surface area contributed by atoms with Crippen molar-refractivity contribution >= 4 is 54.1 Å². The molecule has 6 rings (SSSR count). The zero-order valence-electron chi connectivity index (χ0n) is 31.4. The maximum Gasteiger partial charge on any atom is 0.326 e. The highest BCUT2D eigenvalue weighted by Gasteiger charge is 2.35. The van der Waals surface area contributed by atoms with Crippen molar-refractivity contribution in [1.29, 1.82) is 0 Å². The maximum atomic E-state index is 14.7. The van der Waals surface area contributed by atoms with E-state index in [9.17, 15) is 26.4 Å². The molecule has 0 radical (unpaired) electrons. The molecule has 0 aliphatic heterocycles. The first-order chi connectivity index (χ1) is 27.0. The molecule has 0 N–H and O–H groups in total. The molecule has 1 fully saturated rings. The van der Waals surface area contributed by atoms with Gasteiger partial charge in [-0.2, -0.15) is 0 Å². The van der Waals surface area contributed by atoms with E-state index >= 15 is 0 Å². The number of methoxy groups -OCH3 is 2. The van der Waals surface area contributed by atoms with E-state index < -0.39 is 45.1 Å². The highest BCUT2D eigenvalue weighted by Crippen LogP contribution is 2.45. The van der Waals surface area contributed by atoms with Crippen LogP contribution in [0.5, 0.6) is 11.5 Å². The zero-order chi connectivity index (χ0) is 39.9. The molecule has 1 aliphatic carbocycles. The van der Waals surface area contributed by atoms with E-state index in [1.165, 1.54) is 68.8 Å². The van der Waals surface area contributed by atoms with Crippen molar-refractivity contribution in [3.63, 3.8) is 0 Å². The van der Waals surface area contributed by atoms with Crippen LogP contribution in [0.1, 0.15) is 32.6 Å². The Morgan fingerprint density at radius 1 is 0.661 bits per heavy atom. The fourth-order valence-corrected chi connectivity index (χ4v) is 9.46. The molecule has 0 unspecified atom stereocenters. The number of hydrogen-bond acceptors (Lipinski definition) is 10. The summed E-state index contributed by atoms with van der Waals surface area (Å²) in [6.45, 7) is 0.409. The second-order valence-electron chi connectivity index (χ2n) is 13.2. The summed E-state index contributed by atoms with van der Waals surface area (Å²) >= 11 is 0. The molecule has 294 valence electrons. The summed E-state index contributed by atoms with van der Waals surface area (Å²) in [5, 5.41) is 0.582. The summed E-state index contributed by atoms with van der Waals surface area (Å²) in [5.74, 6) is -0.210. The fraction of sp³-hybridized carbons (Fsp3) is 0.286. The molecular formula is C42H44N2O10S2. The van der Waals surface area contributed by atoms with Gasteiger partial charge in [-0.15, -0.1) is 0 Å². The Bertz CT molecular complexity index is 2380. The van der Waals surface area contributed by atoms with E-state index in [-0.39, 0.29) is 39.9 Å². The van der Waals surface area contributed by atoms with Gasteiger partial charge in [-0.3, -0.25) is 18.2 Å². The maximum absolute atomic E-state index is 14.7. The largest absolute Gasteiger partial charge is 0.497 e. The number of carbonyl (C=O) groups is 2.